The highest BCUT2D eigenvalue weighted by molar-refractivity contribution is 5.95. The van der Waals surface area contributed by atoms with Crippen molar-refractivity contribution in [3.63, 3.8) is 0 Å². The number of hydrogen-bond acceptors (Lipinski definition) is 5. The lowest BCUT2D eigenvalue weighted by Gasteiger charge is -2.43. The molecule has 0 radical (unpaired) electrons. The summed E-state index contributed by atoms with van der Waals surface area (Å²) in [5.74, 6) is -0.0659. The zero-order valence-electron chi connectivity index (χ0n) is 14.5. The number of amides is 1. The van der Waals surface area contributed by atoms with Crippen LogP contribution < -0.4 is 0 Å². The number of ether oxygens (including phenoxy) is 2. The highest BCUT2D eigenvalue weighted by Gasteiger charge is 2.52. The van der Waals surface area contributed by atoms with Gasteiger partial charge >= 0.3 is 0 Å². The van der Waals surface area contributed by atoms with E-state index < -0.39 is 0 Å². The Labute approximate surface area is 147 Å². The van der Waals surface area contributed by atoms with Crippen molar-refractivity contribution in [2.45, 2.75) is 43.4 Å². The topological polar surface area (TPSA) is 82.8 Å². The number of aliphatic hydroxyl groups excluding tert-OH is 1. The molecule has 1 saturated carbocycles. The number of likely N-dealkylation sites (tertiary alicyclic amines) is 1. The number of carbonyl (C=O) groups excluding carboxylic acids is 1. The molecule has 2 fully saturated rings. The van der Waals surface area contributed by atoms with Crippen molar-refractivity contribution in [2.24, 2.45) is 0 Å². The zero-order chi connectivity index (χ0) is 17.9. The number of rotatable bonds is 5. The Morgan fingerprint density at radius 2 is 2.32 bits per heavy atom. The van der Waals surface area contributed by atoms with Crippen LogP contribution in [0.15, 0.2) is 24.3 Å². The summed E-state index contributed by atoms with van der Waals surface area (Å²) in [6.45, 7) is 0.955. The second-order valence-electron chi connectivity index (χ2n) is 6.72. The van der Waals surface area contributed by atoms with Crippen LogP contribution in [0.3, 0.4) is 0 Å². The average Bonchev–Trinajstić information content (AvgIpc) is 3.05. The smallest absolute Gasteiger partial charge is 0.254 e. The Bertz CT molecular complexity index is 672. The van der Waals surface area contributed by atoms with Gasteiger partial charge in [-0.3, -0.25) is 4.79 Å². The van der Waals surface area contributed by atoms with Crippen LogP contribution >= 0.6 is 0 Å². The van der Waals surface area contributed by atoms with Gasteiger partial charge in [0, 0.05) is 19.2 Å². The predicted octanol–water partition coefficient (Wildman–Crippen LogP) is 1.72. The van der Waals surface area contributed by atoms with Crippen molar-refractivity contribution in [1.82, 2.24) is 4.90 Å². The molecule has 0 spiro atoms. The summed E-state index contributed by atoms with van der Waals surface area (Å²) in [5.41, 5.74) is 0.696. The molecule has 2 aliphatic rings. The maximum absolute atomic E-state index is 13.0. The highest BCUT2D eigenvalue weighted by Crippen LogP contribution is 2.43. The molecule has 134 valence electrons. The number of fused-ring (bicyclic) bond motifs is 1. The first-order valence-electron chi connectivity index (χ1n) is 8.72. The maximum atomic E-state index is 13.0. The van der Waals surface area contributed by atoms with Crippen molar-refractivity contribution in [3.8, 4) is 6.07 Å². The van der Waals surface area contributed by atoms with E-state index in [0.29, 0.717) is 30.7 Å². The van der Waals surface area contributed by atoms with Crippen LogP contribution in [-0.4, -0.2) is 60.5 Å². The van der Waals surface area contributed by atoms with Gasteiger partial charge in [0.15, 0.2) is 0 Å². The lowest BCUT2D eigenvalue weighted by Crippen LogP contribution is -2.53. The molecule has 6 nitrogen and oxygen atoms in total. The molecule has 25 heavy (non-hydrogen) atoms. The minimum Gasteiger partial charge on any atom is -0.394 e. The quantitative estimate of drug-likeness (QED) is 0.879. The van der Waals surface area contributed by atoms with Gasteiger partial charge in [0.2, 0.25) is 0 Å². The van der Waals surface area contributed by atoms with E-state index in [1.165, 1.54) is 0 Å². The second-order valence-corrected chi connectivity index (χ2v) is 6.72. The van der Waals surface area contributed by atoms with E-state index in [1.807, 2.05) is 4.90 Å². The molecule has 1 heterocycles. The summed E-state index contributed by atoms with van der Waals surface area (Å²) in [6, 6.07) is 8.85. The zero-order valence-corrected chi connectivity index (χ0v) is 14.5. The molecule has 1 aliphatic heterocycles. The number of nitrogens with zero attached hydrogens (tertiary/aromatic N) is 2. The largest absolute Gasteiger partial charge is 0.394 e. The van der Waals surface area contributed by atoms with Crippen molar-refractivity contribution < 1.29 is 19.4 Å². The van der Waals surface area contributed by atoms with Crippen LogP contribution in [-0.2, 0) is 9.47 Å². The van der Waals surface area contributed by atoms with Crippen molar-refractivity contribution in [1.29, 1.82) is 5.26 Å². The summed E-state index contributed by atoms with van der Waals surface area (Å²) in [4.78, 5) is 14.9. The molecule has 1 N–H and O–H groups in total. The molecule has 0 unspecified atom stereocenters. The minimum atomic E-state index is -0.318. The molecule has 1 aromatic rings. The number of carbonyl (C=O) groups is 1. The van der Waals surface area contributed by atoms with E-state index in [4.69, 9.17) is 19.8 Å². The van der Waals surface area contributed by atoms with E-state index in [-0.39, 0.29) is 30.3 Å². The molecule has 3 atom stereocenters. The van der Waals surface area contributed by atoms with E-state index in [0.717, 1.165) is 19.3 Å². The summed E-state index contributed by atoms with van der Waals surface area (Å²) in [6.07, 6.45) is 3.25. The van der Waals surface area contributed by atoms with Crippen LogP contribution in [0.25, 0.3) is 0 Å². The van der Waals surface area contributed by atoms with Crippen LogP contribution in [0.1, 0.15) is 41.6 Å². The molecular weight excluding hydrogens is 320 g/mol. The van der Waals surface area contributed by atoms with Crippen LogP contribution in [0.2, 0.25) is 0 Å². The summed E-state index contributed by atoms with van der Waals surface area (Å²) in [5, 5.41) is 18.0. The Kier molecular flexibility index (Phi) is 5.38. The summed E-state index contributed by atoms with van der Waals surface area (Å²) >= 11 is 0. The third kappa shape index (κ3) is 3.40. The van der Waals surface area contributed by atoms with Gasteiger partial charge in [0.25, 0.3) is 5.91 Å². The van der Waals surface area contributed by atoms with Gasteiger partial charge < -0.3 is 19.5 Å². The molecule has 1 aromatic carbocycles. The number of aliphatic hydroxyl groups is 1. The second kappa shape index (κ2) is 7.52. The fraction of sp³-hybridized carbons (Fsp3) is 0.579. The van der Waals surface area contributed by atoms with Gasteiger partial charge in [-0.25, -0.2) is 0 Å². The van der Waals surface area contributed by atoms with Crippen molar-refractivity contribution >= 4 is 5.91 Å². The van der Waals surface area contributed by atoms with E-state index in [1.54, 1.807) is 31.4 Å². The van der Waals surface area contributed by atoms with Gasteiger partial charge in [-0.1, -0.05) is 6.07 Å². The molecule has 0 aromatic heterocycles. The average molecular weight is 344 g/mol. The minimum absolute atomic E-state index is 0.000183. The first-order valence-corrected chi connectivity index (χ1v) is 8.72. The lowest BCUT2D eigenvalue weighted by molar-refractivity contribution is -0.0992. The third-order valence-corrected chi connectivity index (χ3v) is 5.49. The third-order valence-electron chi connectivity index (χ3n) is 5.49. The molecular formula is C19H24N2O4. The Morgan fingerprint density at radius 3 is 3.04 bits per heavy atom. The maximum Gasteiger partial charge on any atom is 0.254 e. The Balaban J connectivity index is 1.81. The molecule has 1 saturated heterocycles. The Morgan fingerprint density at radius 1 is 1.48 bits per heavy atom. The van der Waals surface area contributed by atoms with E-state index >= 15 is 0 Å². The fourth-order valence-corrected chi connectivity index (χ4v) is 4.16. The fourth-order valence-electron chi connectivity index (χ4n) is 4.16. The normalized spacial score (nSPS) is 28.4. The van der Waals surface area contributed by atoms with Gasteiger partial charge in [-0.05, 0) is 43.9 Å². The van der Waals surface area contributed by atoms with Gasteiger partial charge in [-0.2, -0.15) is 5.26 Å². The standard InChI is InChI=1S/C19H24N2O4/c1-24-19-6-5-16(25-10-9-22)12-17(19)21(8-7-19)18(23)15-4-2-3-14(11-15)13-20/h2-4,11,16-17,22H,5-10,12H2,1H3/t16-,17-,19+/m0/s1. The van der Waals surface area contributed by atoms with Gasteiger partial charge in [-0.15, -0.1) is 0 Å². The number of methoxy groups -OCH3 is 1. The first-order chi connectivity index (χ1) is 12.1. The first kappa shape index (κ1) is 17.9. The molecule has 1 aliphatic carbocycles. The van der Waals surface area contributed by atoms with Gasteiger partial charge in [0.05, 0.1) is 42.6 Å². The SMILES string of the molecule is CO[C@@]12CC[C@H](OCCO)C[C@@H]1N(C(=O)c1cccc(C#N)c1)CC2. The van der Waals surface area contributed by atoms with E-state index in [2.05, 4.69) is 6.07 Å². The summed E-state index contributed by atoms with van der Waals surface area (Å²) < 4.78 is 11.6. The lowest BCUT2D eigenvalue weighted by atomic mass is 9.79. The van der Waals surface area contributed by atoms with Crippen LogP contribution in [0.4, 0.5) is 0 Å². The number of nitriles is 1. The van der Waals surface area contributed by atoms with Crippen molar-refractivity contribution in [3.05, 3.63) is 35.4 Å². The van der Waals surface area contributed by atoms with Gasteiger partial charge in [0.1, 0.15) is 0 Å². The monoisotopic (exact) mass is 344 g/mol. The number of hydrogen-bond donors (Lipinski definition) is 1. The molecule has 3 rings (SSSR count). The molecule has 6 heteroatoms. The van der Waals surface area contributed by atoms with Crippen molar-refractivity contribution in [2.75, 3.05) is 26.9 Å². The highest BCUT2D eigenvalue weighted by atomic mass is 16.5. The Hall–Kier alpha value is -1.94. The van der Waals surface area contributed by atoms with Crippen LogP contribution in [0.5, 0.6) is 0 Å². The van der Waals surface area contributed by atoms with E-state index in [9.17, 15) is 4.79 Å². The summed E-state index contributed by atoms with van der Waals surface area (Å²) in [7, 11) is 1.71. The number of benzene rings is 1. The predicted molar refractivity (Wildman–Crippen MR) is 91.0 cm³/mol. The molecule has 0 bridgehead atoms. The molecule has 1 amide bonds. The van der Waals surface area contributed by atoms with Crippen LogP contribution in [0, 0.1) is 11.3 Å².